The number of alkyl halides is 3. The number of nitrogens with two attached hydrogens (primary N) is 1. The summed E-state index contributed by atoms with van der Waals surface area (Å²) in [6, 6.07) is 17.6. The van der Waals surface area contributed by atoms with Crippen molar-refractivity contribution >= 4 is 34.7 Å². The van der Waals surface area contributed by atoms with Crippen molar-refractivity contribution < 1.29 is 23.1 Å². The van der Waals surface area contributed by atoms with Gasteiger partial charge in [0.05, 0.1) is 28.2 Å². The number of nitrogens with zero attached hydrogens (tertiary/aromatic N) is 4. The normalized spacial score (nSPS) is 11.5. The van der Waals surface area contributed by atoms with Crippen molar-refractivity contribution in [2.45, 2.75) is 6.18 Å². The van der Waals surface area contributed by atoms with E-state index in [1.165, 1.54) is 30.5 Å². The minimum Gasteiger partial charge on any atom is -0.478 e. The molecule has 8 nitrogen and oxygen atoms in total. The molecule has 11 heteroatoms. The molecule has 0 aliphatic heterocycles. The number of rotatable bonds is 6. The molecule has 4 aromatic rings. The number of carboxylic acid groups (broad SMARTS) is 1. The molecular formula is C24H17F3N6O2. The Kier molecular flexibility index (Phi) is 6.40. The van der Waals surface area contributed by atoms with Gasteiger partial charge >= 0.3 is 12.1 Å². The number of hydrogen-bond donors (Lipinski definition) is 3. The number of azo groups is 1. The molecule has 3 aromatic carbocycles. The van der Waals surface area contributed by atoms with Gasteiger partial charge in [0.1, 0.15) is 5.69 Å². The first-order valence-electron chi connectivity index (χ1n) is 10.1. The van der Waals surface area contributed by atoms with E-state index in [9.17, 15) is 23.1 Å². The van der Waals surface area contributed by atoms with E-state index in [0.29, 0.717) is 22.6 Å². The zero-order valence-electron chi connectivity index (χ0n) is 17.9. The van der Waals surface area contributed by atoms with Crippen LogP contribution in [0.2, 0.25) is 0 Å². The summed E-state index contributed by atoms with van der Waals surface area (Å²) in [4.78, 5) is 19.8. The van der Waals surface area contributed by atoms with Gasteiger partial charge < -0.3 is 16.2 Å². The van der Waals surface area contributed by atoms with E-state index < -0.39 is 17.7 Å². The Bertz CT molecular complexity index is 1410. The lowest BCUT2D eigenvalue weighted by atomic mass is 10.1. The number of hydrogen-bond acceptors (Lipinski definition) is 7. The van der Waals surface area contributed by atoms with Crippen LogP contribution >= 0.6 is 0 Å². The highest BCUT2D eigenvalue weighted by molar-refractivity contribution is 5.96. The number of nitrogen functional groups attached to an aromatic ring is 1. The van der Waals surface area contributed by atoms with Crippen molar-refractivity contribution in [2.75, 3.05) is 11.1 Å². The Morgan fingerprint density at radius 1 is 0.914 bits per heavy atom. The topological polar surface area (TPSA) is 126 Å². The molecule has 0 saturated heterocycles. The zero-order valence-corrected chi connectivity index (χ0v) is 17.9. The smallest absolute Gasteiger partial charge is 0.416 e. The van der Waals surface area contributed by atoms with Crippen molar-refractivity contribution in [3.05, 3.63) is 90.1 Å². The highest BCUT2D eigenvalue weighted by Crippen LogP contribution is 2.33. The SMILES string of the molecule is Nc1c(/N=N/c2ccccc2-c2ccnc(Nc3ccc(C(F)(F)F)cc3)n2)cccc1C(=O)O. The van der Waals surface area contributed by atoms with Gasteiger partial charge in [-0.05, 0) is 48.5 Å². The predicted octanol–water partition coefficient (Wildman–Crippen LogP) is 6.60. The predicted molar refractivity (Wildman–Crippen MR) is 124 cm³/mol. The lowest BCUT2D eigenvalue weighted by Gasteiger charge is -2.10. The maximum absolute atomic E-state index is 12.8. The fourth-order valence-electron chi connectivity index (χ4n) is 3.15. The first-order chi connectivity index (χ1) is 16.7. The molecule has 0 aliphatic carbocycles. The summed E-state index contributed by atoms with van der Waals surface area (Å²) in [5.74, 6) is -0.999. The van der Waals surface area contributed by atoms with Gasteiger partial charge in [0.25, 0.3) is 0 Å². The van der Waals surface area contributed by atoms with Gasteiger partial charge in [-0.3, -0.25) is 0 Å². The summed E-state index contributed by atoms with van der Waals surface area (Å²) in [6.07, 6.45) is -2.93. The molecule has 0 spiro atoms. The van der Waals surface area contributed by atoms with Gasteiger partial charge in [-0.2, -0.15) is 13.2 Å². The molecule has 0 saturated carbocycles. The van der Waals surface area contributed by atoms with E-state index in [4.69, 9.17) is 5.73 Å². The van der Waals surface area contributed by atoms with Gasteiger partial charge in [-0.25, -0.2) is 14.8 Å². The number of nitrogens with one attached hydrogen (secondary N) is 1. The summed E-state index contributed by atoms with van der Waals surface area (Å²) < 4.78 is 38.3. The third-order valence-electron chi connectivity index (χ3n) is 4.88. The summed E-state index contributed by atoms with van der Waals surface area (Å²) in [7, 11) is 0. The molecule has 176 valence electrons. The monoisotopic (exact) mass is 478 g/mol. The Hall–Kier alpha value is -4.80. The molecule has 35 heavy (non-hydrogen) atoms. The lowest BCUT2D eigenvalue weighted by molar-refractivity contribution is -0.137. The molecule has 4 rings (SSSR count). The van der Waals surface area contributed by atoms with E-state index in [2.05, 4.69) is 25.5 Å². The molecule has 0 amide bonds. The van der Waals surface area contributed by atoms with Crippen molar-refractivity contribution in [3.8, 4) is 11.3 Å². The highest BCUT2D eigenvalue weighted by Gasteiger charge is 2.29. The number of benzene rings is 3. The first kappa shape index (κ1) is 23.4. The Labute approximate surface area is 197 Å². The van der Waals surface area contributed by atoms with Crippen LogP contribution in [-0.4, -0.2) is 21.0 Å². The van der Waals surface area contributed by atoms with Gasteiger partial charge in [0.15, 0.2) is 0 Å². The average Bonchev–Trinajstić information content (AvgIpc) is 2.83. The largest absolute Gasteiger partial charge is 0.478 e. The maximum Gasteiger partial charge on any atom is 0.416 e. The van der Waals surface area contributed by atoms with Gasteiger partial charge in [-0.15, -0.1) is 10.2 Å². The van der Waals surface area contributed by atoms with Crippen LogP contribution < -0.4 is 11.1 Å². The second-order valence-electron chi connectivity index (χ2n) is 7.23. The van der Waals surface area contributed by atoms with E-state index in [1.54, 1.807) is 36.4 Å². The fraction of sp³-hybridized carbons (Fsp3) is 0.0417. The molecular weight excluding hydrogens is 461 g/mol. The van der Waals surface area contributed by atoms with Crippen molar-refractivity contribution in [3.63, 3.8) is 0 Å². The van der Waals surface area contributed by atoms with Crippen LogP contribution in [0, 0.1) is 0 Å². The van der Waals surface area contributed by atoms with Gasteiger partial charge in [0.2, 0.25) is 5.95 Å². The van der Waals surface area contributed by atoms with Crippen LogP contribution in [0.1, 0.15) is 15.9 Å². The third-order valence-corrected chi connectivity index (χ3v) is 4.88. The summed E-state index contributed by atoms with van der Waals surface area (Å²) >= 11 is 0. The van der Waals surface area contributed by atoms with E-state index in [1.807, 2.05) is 0 Å². The Morgan fingerprint density at radius 3 is 2.31 bits per heavy atom. The maximum atomic E-state index is 12.8. The number of anilines is 3. The summed E-state index contributed by atoms with van der Waals surface area (Å²) in [6.45, 7) is 0. The molecule has 0 atom stereocenters. The molecule has 0 aliphatic rings. The molecule has 0 fully saturated rings. The Morgan fingerprint density at radius 2 is 1.60 bits per heavy atom. The van der Waals surface area contributed by atoms with Crippen molar-refractivity contribution in [1.29, 1.82) is 0 Å². The van der Waals surface area contributed by atoms with E-state index >= 15 is 0 Å². The molecule has 0 bridgehead atoms. The molecule has 0 unspecified atom stereocenters. The Balaban J connectivity index is 1.61. The van der Waals surface area contributed by atoms with Crippen LogP contribution in [0.25, 0.3) is 11.3 Å². The van der Waals surface area contributed by atoms with Gasteiger partial charge in [-0.1, -0.05) is 24.3 Å². The number of carboxylic acids is 1. The van der Waals surface area contributed by atoms with E-state index in [-0.39, 0.29) is 22.9 Å². The minimum atomic E-state index is -4.42. The number of carbonyl (C=O) groups is 1. The standard InChI is InChI=1S/C24H17F3N6O2/c25-24(26,27)14-8-10-15(11-9-14)30-23-29-13-12-18(31-23)16-4-1-2-6-19(16)32-33-20-7-3-5-17(21(20)28)22(34)35/h1-13H,28H2,(H,34,35)(H,29,30,31)/b33-32+. The lowest BCUT2D eigenvalue weighted by Crippen LogP contribution is -2.04. The van der Waals surface area contributed by atoms with Crippen molar-refractivity contribution in [1.82, 2.24) is 9.97 Å². The number of aromatic nitrogens is 2. The quantitative estimate of drug-likeness (QED) is 0.212. The first-order valence-corrected chi connectivity index (χ1v) is 10.1. The highest BCUT2D eigenvalue weighted by atomic mass is 19.4. The van der Waals surface area contributed by atoms with Crippen LogP contribution in [0.5, 0.6) is 0 Å². The average molecular weight is 478 g/mol. The molecule has 1 aromatic heterocycles. The molecule has 0 radical (unpaired) electrons. The number of para-hydroxylation sites is 1. The molecule has 1 heterocycles. The zero-order chi connectivity index (χ0) is 25.0. The van der Waals surface area contributed by atoms with Gasteiger partial charge in [0, 0.05) is 17.4 Å². The van der Waals surface area contributed by atoms with Crippen LogP contribution in [0.15, 0.2) is 89.2 Å². The minimum absolute atomic E-state index is 0.00806. The van der Waals surface area contributed by atoms with Crippen LogP contribution in [0.4, 0.5) is 41.9 Å². The van der Waals surface area contributed by atoms with E-state index in [0.717, 1.165) is 12.1 Å². The number of halogens is 3. The second kappa shape index (κ2) is 9.59. The number of aromatic carboxylic acids is 1. The summed E-state index contributed by atoms with van der Waals surface area (Å²) in [5.41, 5.74) is 7.16. The van der Waals surface area contributed by atoms with Crippen molar-refractivity contribution in [2.24, 2.45) is 10.2 Å². The van der Waals surface area contributed by atoms with Crippen LogP contribution in [0.3, 0.4) is 0 Å². The van der Waals surface area contributed by atoms with Crippen LogP contribution in [-0.2, 0) is 6.18 Å². The third kappa shape index (κ3) is 5.41. The molecule has 4 N–H and O–H groups in total. The summed E-state index contributed by atoms with van der Waals surface area (Å²) in [5, 5.41) is 20.4. The second-order valence-corrected chi connectivity index (χ2v) is 7.23. The fourth-order valence-corrected chi connectivity index (χ4v) is 3.15.